The number of aliphatic hydroxyl groups excluding tert-OH is 1. The van der Waals surface area contributed by atoms with E-state index in [1.807, 2.05) is 24.4 Å². The second-order valence-corrected chi connectivity index (χ2v) is 12.9. The van der Waals surface area contributed by atoms with Crippen LogP contribution in [0.4, 0.5) is 10.2 Å². The van der Waals surface area contributed by atoms with Crippen molar-refractivity contribution in [1.29, 1.82) is 5.26 Å². The van der Waals surface area contributed by atoms with Crippen LogP contribution in [0.15, 0.2) is 36.5 Å². The Hall–Kier alpha value is -4.31. The van der Waals surface area contributed by atoms with Crippen LogP contribution >= 0.6 is 0 Å². The van der Waals surface area contributed by atoms with E-state index in [9.17, 15) is 14.8 Å². The first-order valence-corrected chi connectivity index (χ1v) is 16.5. The Bertz CT molecular complexity index is 1880. The highest BCUT2D eigenvalue weighted by Gasteiger charge is 2.49. The average molecular weight is 619 g/mol. The third kappa shape index (κ3) is 5.12. The Morgan fingerprint density at radius 1 is 1.11 bits per heavy atom. The summed E-state index contributed by atoms with van der Waals surface area (Å²) in [6.45, 7) is 5.13. The highest BCUT2D eigenvalue weighted by atomic mass is 19.1. The molecule has 0 saturated carbocycles. The summed E-state index contributed by atoms with van der Waals surface area (Å²) < 4.78 is 21.5. The molecule has 8 nitrogen and oxygen atoms in total. The van der Waals surface area contributed by atoms with Crippen molar-refractivity contribution in [1.82, 2.24) is 19.9 Å². The van der Waals surface area contributed by atoms with Crippen LogP contribution < -0.4 is 9.64 Å². The number of rotatable bonds is 7. The second-order valence-electron chi connectivity index (χ2n) is 12.9. The minimum atomic E-state index is -0.436. The number of terminal acetylenes is 1. The van der Waals surface area contributed by atoms with Crippen molar-refractivity contribution in [3.05, 3.63) is 53.5 Å². The van der Waals surface area contributed by atoms with E-state index in [2.05, 4.69) is 28.7 Å². The van der Waals surface area contributed by atoms with E-state index >= 15 is 0 Å². The highest BCUT2D eigenvalue weighted by Crippen LogP contribution is 2.43. The van der Waals surface area contributed by atoms with Crippen LogP contribution in [-0.2, 0) is 6.42 Å². The second kappa shape index (κ2) is 12.5. The van der Waals surface area contributed by atoms with Gasteiger partial charge in [0.2, 0.25) is 0 Å². The molecular weight excluding hydrogens is 579 g/mol. The van der Waals surface area contributed by atoms with Gasteiger partial charge >= 0.3 is 6.01 Å². The Kier molecular flexibility index (Phi) is 8.23. The van der Waals surface area contributed by atoms with Gasteiger partial charge in [0, 0.05) is 47.8 Å². The molecule has 0 aliphatic carbocycles. The maximum Gasteiger partial charge on any atom is 0.319 e. The van der Waals surface area contributed by atoms with Gasteiger partial charge in [0.25, 0.3) is 0 Å². The van der Waals surface area contributed by atoms with Crippen molar-refractivity contribution in [2.75, 3.05) is 37.7 Å². The number of benzene rings is 2. The maximum absolute atomic E-state index is 15.0. The fraction of sp³-hybridized carbons (Fsp3) is 0.459. The Labute approximate surface area is 269 Å². The number of hydrogen-bond acceptors (Lipinski definition) is 8. The number of aryl methyl sites for hydroxylation is 1. The van der Waals surface area contributed by atoms with Crippen molar-refractivity contribution in [2.24, 2.45) is 5.92 Å². The van der Waals surface area contributed by atoms with Crippen molar-refractivity contribution >= 4 is 27.5 Å². The quantitative estimate of drug-likeness (QED) is 0.251. The molecule has 3 aliphatic heterocycles. The Morgan fingerprint density at radius 3 is 2.80 bits per heavy atom. The molecule has 3 aliphatic rings. The molecule has 5 heterocycles. The Morgan fingerprint density at radius 2 is 2.00 bits per heavy atom. The minimum Gasteiger partial charge on any atom is -0.461 e. The summed E-state index contributed by atoms with van der Waals surface area (Å²) >= 11 is 0. The standard InChI is InChI=1S/C37H39FN6O2/c1-3-27-31(38)12-11-25-9-5-10-29(32(25)27)33-28(4-2)34-30(21-40-33)35(43-17-6-8-24(20-39)14-19-43)42-36(41-34)46-23-37-15-7-18-44(37)26(22-45)13-16-37/h1,5,9-12,21,24,26,45H,4,6-8,13-19,22-23H2,2H3/t24?,26-,37-/m0/s1. The molecule has 0 amide bonds. The molecular formula is C37H39FN6O2. The first-order chi connectivity index (χ1) is 22.5. The topological polar surface area (TPSA) is 98.4 Å². The molecule has 1 unspecified atom stereocenters. The fourth-order valence-electron chi connectivity index (χ4n) is 8.11. The molecule has 3 fully saturated rings. The van der Waals surface area contributed by atoms with Gasteiger partial charge in [0.1, 0.15) is 18.2 Å². The SMILES string of the molecule is C#Cc1c(F)ccc2cccc(-c3ncc4c(N5CCCC(C#N)CC5)nc(OC[C@@]56CCCN5[C@H](CO)CC6)nc4c3CC)c12. The zero-order chi connectivity index (χ0) is 31.8. The smallest absolute Gasteiger partial charge is 0.319 e. The number of ether oxygens (including phenoxy) is 1. The lowest BCUT2D eigenvalue weighted by Crippen LogP contribution is -2.47. The molecule has 7 rings (SSSR count). The summed E-state index contributed by atoms with van der Waals surface area (Å²) in [7, 11) is 0. The van der Waals surface area contributed by atoms with Crippen LogP contribution in [0.2, 0.25) is 0 Å². The molecule has 1 N–H and O–H groups in total. The Balaban J connectivity index is 1.37. The van der Waals surface area contributed by atoms with Crippen LogP contribution in [0.1, 0.15) is 63.0 Å². The molecule has 2 aromatic carbocycles. The van der Waals surface area contributed by atoms with Crippen molar-refractivity contribution < 1.29 is 14.2 Å². The van der Waals surface area contributed by atoms with Gasteiger partial charge in [-0.25, -0.2) is 4.39 Å². The highest BCUT2D eigenvalue weighted by molar-refractivity contribution is 6.03. The molecule has 2 aromatic heterocycles. The van der Waals surface area contributed by atoms with Crippen LogP contribution in [-0.4, -0.2) is 69.4 Å². The normalized spacial score (nSPS) is 23.3. The summed E-state index contributed by atoms with van der Waals surface area (Å²) in [4.78, 5) is 19.7. The van der Waals surface area contributed by atoms with Crippen LogP contribution in [0, 0.1) is 35.4 Å². The van der Waals surface area contributed by atoms with E-state index < -0.39 is 5.82 Å². The van der Waals surface area contributed by atoms with Gasteiger partial charge in [-0.1, -0.05) is 37.1 Å². The molecule has 0 radical (unpaired) electrons. The number of halogens is 1. The summed E-state index contributed by atoms with van der Waals surface area (Å²) in [5.41, 5.74) is 3.24. The summed E-state index contributed by atoms with van der Waals surface area (Å²) in [6.07, 6.45) is 14.8. The number of nitrogens with zero attached hydrogens (tertiary/aromatic N) is 6. The van der Waals surface area contributed by atoms with E-state index in [0.717, 1.165) is 91.3 Å². The molecule has 46 heavy (non-hydrogen) atoms. The predicted molar refractivity (Wildman–Crippen MR) is 177 cm³/mol. The summed E-state index contributed by atoms with van der Waals surface area (Å²) in [5, 5.41) is 22.0. The predicted octanol–water partition coefficient (Wildman–Crippen LogP) is 6.03. The molecule has 4 aromatic rings. The molecule has 9 heteroatoms. The van der Waals surface area contributed by atoms with Gasteiger partial charge in [-0.05, 0) is 69.4 Å². The molecule has 3 saturated heterocycles. The molecule has 236 valence electrons. The monoisotopic (exact) mass is 618 g/mol. The molecule has 0 bridgehead atoms. The zero-order valence-electron chi connectivity index (χ0n) is 26.3. The van der Waals surface area contributed by atoms with Gasteiger partial charge in [-0.2, -0.15) is 15.2 Å². The van der Waals surface area contributed by atoms with E-state index in [-0.39, 0.29) is 29.7 Å². The van der Waals surface area contributed by atoms with Crippen LogP contribution in [0.5, 0.6) is 6.01 Å². The largest absolute Gasteiger partial charge is 0.461 e. The van der Waals surface area contributed by atoms with Gasteiger partial charge in [0.15, 0.2) is 0 Å². The molecule has 3 atom stereocenters. The number of pyridine rings is 1. The third-order valence-corrected chi connectivity index (χ3v) is 10.5. The maximum atomic E-state index is 15.0. The van der Waals surface area contributed by atoms with E-state index in [1.54, 1.807) is 6.07 Å². The zero-order valence-corrected chi connectivity index (χ0v) is 26.3. The van der Waals surface area contributed by atoms with Crippen molar-refractivity contribution in [3.8, 4) is 35.7 Å². The number of fused-ring (bicyclic) bond motifs is 3. The number of hydrogen-bond donors (Lipinski definition) is 1. The van der Waals surface area contributed by atoms with E-state index in [1.165, 1.54) is 6.07 Å². The number of aromatic nitrogens is 3. The average Bonchev–Trinajstić information content (AvgIpc) is 3.55. The lowest BCUT2D eigenvalue weighted by molar-refractivity contribution is 0.0644. The lowest BCUT2D eigenvalue weighted by atomic mass is 9.93. The molecule has 0 spiro atoms. The van der Waals surface area contributed by atoms with Crippen LogP contribution in [0.3, 0.4) is 0 Å². The van der Waals surface area contributed by atoms with Gasteiger partial charge in [-0.3, -0.25) is 9.88 Å². The first kappa shape index (κ1) is 30.3. The van der Waals surface area contributed by atoms with E-state index in [0.29, 0.717) is 36.7 Å². The fourth-order valence-corrected chi connectivity index (χ4v) is 8.11. The van der Waals surface area contributed by atoms with Gasteiger partial charge in [-0.15, -0.1) is 6.42 Å². The van der Waals surface area contributed by atoms with Gasteiger partial charge < -0.3 is 14.7 Å². The first-order valence-electron chi connectivity index (χ1n) is 16.5. The summed E-state index contributed by atoms with van der Waals surface area (Å²) in [6, 6.07) is 11.9. The van der Waals surface area contributed by atoms with Crippen LogP contribution in [0.25, 0.3) is 32.9 Å². The number of nitriles is 1. The third-order valence-electron chi connectivity index (χ3n) is 10.5. The van der Waals surface area contributed by atoms with Crippen molar-refractivity contribution in [2.45, 2.75) is 69.9 Å². The van der Waals surface area contributed by atoms with Gasteiger partial charge in [0.05, 0.1) is 40.4 Å². The number of aliphatic hydroxyl groups is 1. The van der Waals surface area contributed by atoms with Crippen molar-refractivity contribution in [3.63, 3.8) is 0 Å². The lowest BCUT2D eigenvalue weighted by Gasteiger charge is -2.34. The summed E-state index contributed by atoms with van der Waals surface area (Å²) in [5.74, 6) is 2.92. The number of anilines is 1. The van der Waals surface area contributed by atoms with E-state index in [4.69, 9.17) is 26.1 Å². The minimum absolute atomic E-state index is 0.0242.